The van der Waals surface area contributed by atoms with Gasteiger partial charge in [0.25, 0.3) is 0 Å². The summed E-state index contributed by atoms with van der Waals surface area (Å²) in [6, 6.07) is 11.8. The van der Waals surface area contributed by atoms with E-state index in [2.05, 4.69) is 5.32 Å². The minimum absolute atomic E-state index is 0.128. The zero-order chi connectivity index (χ0) is 24.5. The number of carbonyl (C=O) groups excluding carboxylic acids is 2. The van der Waals surface area contributed by atoms with E-state index >= 15 is 0 Å². The molecule has 1 N–H and O–H groups in total. The number of benzene rings is 2. The second kappa shape index (κ2) is 13.2. The molecule has 34 heavy (non-hydrogen) atoms. The summed E-state index contributed by atoms with van der Waals surface area (Å²) in [6.45, 7) is 2.38. The van der Waals surface area contributed by atoms with Crippen molar-refractivity contribution in [1.29, 1.82) is 0 Å². The van der Waals surface area contributed by atoms with E-state index in [0.717, 1.165) is 31.2 Å². The van der Waals surface area contributed by atoms with Crippen LogP contribution < -0.4 is 10.1 Å². The van der Waals surface area contributed by atoms with Crippen LogP contribution in [0.25, 0.3) is 0 Å². The van der Waals surface area contributed by atoms with Crippen molar-refractivity contribution in [3.63, 3.8) is 0 Å². The number of ether oxygens (including phenoxy) is 1. The molecule has 8 heteroatoms. The Kier molecular flexibility index (Phi) is 10.4. The molecule has 184 valence electrons. The van der Waals surface area contributed by atoms with Gasteiger partial charge in [-0.3, -0.25) is 9.59 Å². The van der Waals surface area contributed by atoms with E-state index in [9.17, 15) is 9.59 Å². The topological polar surface area (TPSA) is 58.6 Å². The summed E-state index contributed by atoms with van der Waals surface area (Å²) in [5.41, 5.74) is 0.745. The molecule has 0 saturated heterocycles. The number of nitrogens with one attached hydrogen (secondary N) is 1. The van der Waals surface area contributed by atoms with Crippen LogP contribution in [0.1, 0.15) is 57.4 Å². The van der Waals surface area contributed by atoms with Gasteiger partial charge in [0.2, 0.25) is 11.8 Å². The van der Waals surface area contributed by atoms with E-state index in [1.165, 1.54) is 6.42 Å². The molecule has 0 heterocycles. The van der Waals surface area contributed by atoms with Crippen LogP contribution >= 0.6 is 34.8 Å². The SMILES string of the molecule is C[C@H](C(=O)NC1CCCCC1)N(Cc1ccc(Cl)cc1Cl)C(=O)CCCOc1ccc(Cl)cc1. The lowest BCUT2D eigenvalue weighted by Crippen LogP contribution is -2.50. The number of hydrogen-bond acceptors (Lipinski definition) is 3. The van der Waals surface area contributed by atoms with Gasteiger partial charge in [0, 0.05) is 34.1 Å². The molecular weight excluding hydrogens is 495 g/mol. The van der Waals surface area contributed by atoms with Crippen molar-refractivity contribution in [3.8, 4) is 5.75 Å². The van der Waals surface area contributed by atoms with Gasteiger partial charge in [0.05, 0.1) is 6.61 Å². The number of halogens is 3. The predicted molar refractivity (Wildman–Crippen MR) is 138 cm³/mol. The molecule has 0 unspecified atom stereocenters. The van der Waals surface area contributed by atoms with Crippen LogP contribution in [0.4, 0.5) is 0 Å². The molecule has 1 saturated carbocycles. The van der Waals surface area contributed by atoms with Crippen molar-refractivity contribution in [2.45, 2.75) is 70.5 Å². The first-order valence-electron chi connectivity index (χ1n) is 11.8. The van der Waals surface area contributed by atoms with Crippen LogP contribution in [0.2, 0.25) is 15.1 Å². The Morgan fingerprint density at radius 3 is 2.38 bits per heavy atom. The van der Waals surface area contributed by atoms with Crippen LogP contribution in [-0.4, -0.2) is 35.4 Å². The summed E-state index contributed by atoms with van der Waals surface area (Å²) >= 11 is 18.3. The molecule has 5 nitrogen and oxygen atoms in total. The Morgan fingerprint density at radius 2 is 1.71 bits per heavy atom. The van der Waals surface area contributed by atoms with Gasteiger partial charge in [0.1, 0.15) is 11.8 Å². The molecule has 1 atom stereocenters. The predicted octanol–water partition coefficient (Wildman–Crippen LogP) is 6.67. The Morgan fingerprint density at radius 1 is 1.03 bits per heavy atom. The van der Waals surface area contributed by atoms with Crippen molar-refractivity contribution in [2.24, 2.45) is 0 Å². The average Bonchev–Trinajstić information content (AvgIpc) is 2.82. The normalized spacial score (nSPS) is 14.9. The fourth-order valence-electron chi connectivity index (χ4n) is 4.07. The number of amides is 2. The molecule has 1 aliphatic carbocycles. The monoisotopic (exact) mass is 524 g/mol. The Balaban J connectivity index is 1.63. The highest BCUT2D eigenvalue weighted by molar-refractivity contribution is 6.35. The molecule has 0 aromatic heterocycles. The van der Waals surface area contributed by atoms with Crippen molar-refractivity contribution in [2.75, 3.05) is 6.61 Å². The average molecular weight is 526 g/mol. The Bertz CT molecular complexity index is 962. The smallest absolute Gasteiger partial charge is 0.242 e. The lowest BCUT2D eigenvalue weighted by atomic mass is 9.95. The largest absolute Gasteiger partial charge is 0.494 e. The van der Waals surface area contributed by atoms with Crippen LogP contribution in [0, 0.1) is 0 Å². The summed E-state index contributed by atoms with van der Waals surface area (Å²) in [5.74, 6) is 0.432. The maximum absolute atomic E-state index is 13.2. The number of hydrogen-bond donors (Lipinski definition) is 1. The van der Waals surface area contributed by atoms with Gasteiger partial charge < -0.3 is 15.0 Å². The lowest BCUT2D eigenvalue weighted by molar-refractivity contribution is -0.141. The van der Waals surface area contributed by atoms with Gasteiger partial charge in [-0.2, -0.15) is 0 Å². The Hall–Kier alpha value is -1.95. The summed E-state index contributed by atoms with van der Waals surface area (Å²) in [5, 5.41) is 4.76. The molecule has 2 aromatic carbocycles. The fraction of sp³-hybridized carbons (Fsp3) is 0.462. The van der Waals surface area contributed by atoms with Crippen molar-refractivity contribution >= 4 is 46.6 Å². The van der Waals surface area contributed by atoms with Crippen molar-refractivity contribution in [1.82, 2.24) is 10.2 Å². The van der Waals surface area contributed by atoms with Gasteiger partial charge in [-0.15, -0.1) is 0 Å². The van der Waals surface area contributed by atoms with Crippen LogP contribution in [-0.2, 0) is 16.1 Å². The molecule has 0 spiro atoms. The first kappa shape index (κ1) is 26.7. The van der Waals surface area contributed by atoms with E-state index < -0.39 is 6.04 Å². The van der Waals surface area contributed by atoms with E-state index in [1.807, 2.05) is 0 Å². The minimum atomic E-state index is -0.627. The zero-order valence-electron chi connectivity index (χ0n) is 19.4. The molecule has 0 aliphatic heterocycles. The molecule has 3 rings (SSSR count). The van der Waals surface area contributed by atoms with Crippen molar-refractivity contribution in [3.05, 3.63) is 63.1 Å². The van der Waals surface area contributed by atoms with Crippen LogP contribution in [0.15, 0.2) is 42.5 Å². The highest BCUT2D eigenvalue weighted by Gasteiger charge is 2.28. The standard InChI is InChI=1S/C26H31Cl3N2O3/c1-18(26(33)30-22-6-3-2-4-7-22)31(17-19-9-10-21(28)16-24(19)29)25(32)8-5-15-34-23-13-11-20(27)12-14-23/h9-14,16,18,22H,2-8,15,17H2,1H3,(H,30,33)/t18-/m1/s1. The van der Waals surface area contributed by atoms with Gasteiger partial charge in [-0.25, -0.2) is 0 Å². The summed E-state index contributed by atoms with van der Waals surface area (Å²) in [7, 11) is 0. The van der Waals surface area contributed by atoms with E-state index in [-0.39, 0.29) is 30.8 Å². The number of nitrogens with zero attached hydrogens (tertiary/aromatic N) is 1. The fourth-order valence-corrected chi connectivity index (χ4v) is 4.67. The Labute approximate surface area is 216 Å². The number of carbonyl (C=O) groups is 2. The quantitative estimate of drug-likeness (QED) is 0.352. The summed E-state index contributed by atoms with van der Waals surface area (Å²) < 4.78 is 5.71. The minimum Gasteiger partial charge on any atom is -0.494 e. The molecule has 1 fully saturated rings. The first-order valence-corrected chi connectivity index (χ1v) is 12.9. The third-order valence-corrected chi connectivity index (χ3v) is 6.93. The first-order chi connectivity index (χ1) is 16.3. The third-order valence-electron chi connectivity index (χ3n) is 6.09. The maximum atomic E-state index is 13.2. The van der Waals surface area contributed by atoms with E-state index in [0.29, 0.717) is 33.8 Å². The van der Waals surface area contributed by atoms with Gasteiger partial charge in [0.15, 0.2) is 0 Å². The third kappa shape index (κ3) is 8.07. The maximum Gasteiger partial charge on any atom is 0.242 e. The van der Waals surface area contributed by atoms with E-state index in [4.69, 9.17) is 39.5 Å². The van der Waals surface area contributed by atoms with Crippen LogP contribution in [0.3, 0.4) is 0 Å². The van der Waals surface area contributed by atoms with Gasteiger partial charge >= 0.3 is 0 Å². The highest BCUT2D eigenvalue weighted by Crippen LogP contribution is 2.24. The summed E-state index contributed by atoms with van der Waals surface area (Å²) in [4.78, 5) is 27.9. The lowest BCUT2D eigenvalue weighted by Gasteiger charge is -2.31. The van der Waals surface area contributed by atoms with Gasteiger partial charge in [-0.05, 0) is 68.1 Å². The molecule has 2 amide bonds. The van der Waals surface area contributed by atoms with Gasteiger partial charge in [-0.1, -0.05) is 60.1 Å². The van der Waals surface area contributed by atoms with E-state index in [1.54, 1.807) is 54.3 Å². The summed E-state index contributed by atoms with van der Waals surface area (Å²) in [6.07, 6.45) is 6.18. The highest BCUT2D eigenvalue weighted by atomic mass is 35.5. The zero-order valence-corrected chi connectivity index (χ0v) is 21.6. The number of rotatable bonds is 10. The second-order valence-corrected chi connectivity index (χ2v) is 9.96. The molecule has 0 radical (unpaired) electrons. The second-order valence-electron chi connectivity index (χ2n) is 8.68. The molecule has 0 bridgehead atoms. The molecular formula is C26H31Cl3N2O3. The molecule has 2 aromatic rings. The van der Waals surface area contributed by atoms with Crippen LogP contribution in [0.5, 0.6) is 5.75 Å². The molecule has 1 aliphatic rings. The van der Waals surface area contributed by atoms with Crippen molar-refractivity contribution < 1.29 is 14.3 Å².